The molecule has 24 heavy (non-hydrogen) atoms. The number of amides is 1. The summed E-state index contributed by atoms with van der Waals surface area (Å²) in [7, 11) is 1.60. The van der Waals surface area contributed by atoms with Crippen molar-refractivity contribution in [2.45, 2.75) is 20.0 Å². The summed E-state index contributed by atoms with van der Waals surface area (Å²) in [6.07, 6.45) is 0.0210. The number of hydrogen-bond donors (Lipinski definition) is 1. The maximum atomic E-state index is 12.6. The molecule has 5 heteroatoms. The quantitative estimate of drug-likeness (QED) is 0.749. The molecule has 1 amide bonds. The lowest BCUT2D eigenvalue weighted by molar-refractivity contribution is 0.101. The third-order valence-electron chi connectivity index (χ3n) is 3.17. The Morgan fingerprint density at radius 1 is 1.00 bits per heavy atom. The molecule has 2 aromatic carbocycles. The Kier molecular flexibility index (Phi) is 6.63. The number of carbonyl (C=O) groups excluding carboxylic acids is 1. The number of anilines is 1. The molecule has 5 nitrogen and oxygen atoms in total. The molecule has 128 valence electrons. The summed E-state index contributed by atoms with van der Waals surface area (Å²) in [5.74, 6) is 0.913. The summed E-state index contributed by atoms with van der Waals surface area (Å²) >= 11 is 0. The van der Waals surface area contributed by atoms with Gasteiger partial charge in [0.15, 0.2) is 0 Å². The van der Waals surface area contributed by atoms with Gasteiger partial charge < -0.3 is 19.5 Å². The Labute approximate surface area is 142 Å². The van der Waals surface area contributed by atoms with Crippen LogP contribution in [-0.4, -0.2) is 32.3 Å². The largest absolute Gasteiger partial charge is 0.490 e. The topological polar surface area (TPSA) is 56.8 Å². The van der Waals surface area contributed by atoms with Gasteiger partial charge in [-0.15, -0.1) is 0 Å². The third kappa shape index (κ3) is 4.99. The average Bonchev–Trinajstić information content (AvgIpc) is 2.57. The zero-order valence-electron chi connectivity index (χ0n) is 14.2. The van der Waals surface area contributed by atoms with Gasteiger partial charge in [0.05, 0.1) is 24.0 Å². The zero-order valence-corrected chi connectivity index (χ0v) is 14.2. The molecular weight excluding hydrogens is 306 g/mol. The Morgan fingerprint density at radius 2 is 1.67 bits per heavy atom. The lowest BCUT2D eigenvalue weighted by atomic mass is 10.1. The van der Waals surface area contributed by atoms with Gasteiger partial charge in [0.1, 0.15) is 18.1 Å². The van der Waals surface area contributed by atoms with E-state index in [4.69, 9.17) is 14.2 Å². The molecule has 0 saturated carbocycles. The molecule has 1 N–H and O–H groups in total. The van der Waals surface area contributed by atoms with Crippen LogP contribution >= 0.6 is 0 Å². The second kappa shape index (κ2) is 8.93. The van der Waals surface area contributed by atoms with Crippen LogP contribution in [0.3, 0.4) is 0 Å². The van der Waals surface area contributed by atoms with Crippen LogP contribution < -0.4 is 14.8 Å². The van der Waals surface area contributed by atoms with Crippen molar-refractivity contribution >= 4 is 11.6 Å². The summed E-state index contributed by atoms with van der Waals surface area (Å²) in [6.45, 7) is 4.73. The fourth-order valence-electron chi connectivity index (χ4n) is 2.13. The van der Waals surface area contributed by atoms with Crippen molar-refractivity contribution in [1.29, 1.82) is 0 Å². The molecule has 2 rings (SSSR count). The van der Waals surface area contributed by atoms with Crippen LogP contribution in [0.25, 0.3) is 0 Å². The average molecular weight is 329 g/mol. The Balaban J connectivity index is 2.16. The van der Waals surface area contributed by atoms with Crippen molar-refractivity contribution < 1.29 is 19.0 Å². The predicted octanol–water partition coefficient (Wildman–Crippen LogP) is 3.75. The molecule has 0 bridgehead atoms. The first kappa shape index (κ1) is 17.8. The van der Waals surface area contributed by atoms with Crippen LogP contribution in [0.1, 0.15) is 24.2 Å². The molecule has 0 unspecified atom stereocenters. The SMILES string of the molecule is COCCOc1ccccc1C(=O)Nc1ccccc1OC(C)C. The van der Waals surface area contributed by atoms with Crippen LogP contribution in [-0.2, 0) is 4.74 Å². The molecule has 0 aliphatic heterocycles. The summed E-state index contributed by atoms with van der Waals surface area (Å²) in [5, 5.41) is 2.89. The molecule has 0 aliphatic rings. The van der Waals surface area contributed by atoms with Crippen molar-refractivity contribution in [3.63, 3.8) is 0 Å². The highest BCUT2D eigenvalue weighted by atomic mass is 16.5. The van der Waals surface area contributed by atoms with Crippen molar-refractivity contribution in [1.82, 2.24) is 0 Å². The number of methoxy groups -OCH3 is 1. The van der Waals surface area contributed by atoms with E-state index < -0.39 is 0 Å². The Bertz CT molecular complexity index is 670. The Morgan fingerprint density at radius 3 is 2.38 bits per heavy atom. The van der Waals surface area contributed by atoms with Crippen LogP contribution in [0.2, 0.25) is 0 Å². The first-order valence-electron chi connectivity index (χ1n) is 7.89. The number of nitrogens with one attached hydrogen (secondary N) is 1. The molecule has 0 saturated heterocycles. The number of benzene rings is 2. The maximum absolute atomic E-state index is 12.6. The van der Waals surface area contributed by atoms with Gasteiger partial charge in [-0.2, -0.15) is 0 Å². The fourth-order valence-corrected chi connectivity index (χ4v) is 2.13. The lowest BCUT2D eigenvalue weighted by Gasteiger charge is -2.16. The fraction of sp³-hybridized carbons (Fsp3) is 0.316. The second-order valence-corrected chi connectivity index (χ2v) is 5.45. The molecule has 2 aromatic rings. The molecule has 0 fully saturated rings. The van der Waals surface area contributed by atoms with E-state index in [1.54, 1.807) is 25.3 Å². The van der Waals surface area contributed by atoms with E-state index in [0.29, 0.717) is 36.0 Å². The van der Waals surface area contributed by atoms with Gasteiger partial charge in [0, 0.05) is 7.11 Å². The van der Waals surface area contributed by atoms with Gasteiger partial charge in [0.2, 0.25) is 0 Å². The smallest absolute Gasteiger partial charge is 0.259 e. The highest BCUT2D eigenvalue weighted by Crippen LogP contribution is 2.27. The normalized spacial score (nSPS) is 10.5. The van der Waals surface area contributed by atoms with E-state index in [2.05, 4.69) is 5.32 Å². The number of rotatable bonds is 8. The van der Waals surface area contributed by atoms with Gasteiger partial charge in [-0.25, -0.2) is 0 Å². The third-order valence-corrected chi connectivity index (χ3v) is 3.17. The number of para-hydroxylation sites is 3. The summed E-state index contributed by atoms with van der Waals surface area (Å²) < 4.78 is 16.3. The van der Waals surface area contributed by atoms with E-state index >= 15 is 0 Å². The Hall–Kier alpha value is -2.53. The standard InChI is InChI=1S/C19H23NO4/c1-14(2)24-18-11-7-5-9-16(18)20-19(21)15-8-4-6-10-17(15)23-13-12-22-3/h4-11,14H,12-13H2,1-3H3,(H,20,21). The van der Waals surface area contributed by atoms with E-state index in [-0.39, 0.29) is 12.0 Å². The minimum atomic E-state index is -0.247. The molecule has 0 spiro atoms. The summed E-state index contributed by atoms with van der Waals surface area (Å²) in [4.78, 5) is 12.6. The van der Waals surface area contributed by atoms with Crippen molar-refractivity contribution in [3.05, 3.63) is 54.1 Å². The van der Waals surface area contributed by atoms with E-state index in [1.165, 1.54) is 0 Å². The first-order valence-corrected chi connectivity index (χ1v) is 7.89. The molecular formula is C19H23NO4. The van der Waals surface area contributed by atoms with Crippen LogP contribution in [0.15, 0.2) is 48.5 Å². The minimum absolute atomic E-state index is 0.0210. The van der Waals surface area contributed by atoms with Crippen LogP contribution in [0.4, 0.5) is 5.69 Å². The lowest BCUT2D eigenvalue weighted by Crippen LogP contribution is -2.16. The monoisotopic (exact) mass is 329 g/mol. The molecule has 0 radical (unpaired) electrons. The zero-order chi connectivity index (χ0) is 17.4. The van der Waals surface area contributed by atoms with Gasteiger partial charge >= 0.3 is 0 Å². The van der Waals surface area contributed by atoms with Gasteiger partial charge in [-0.1, -0.05) is 24.3 Å². The van der Waals surface area contributed by atoms with E-state index in [1.807, 2.05) is 44.2 Å². The molecule has 0 heterocycles. The molecule has 0 aliphatic carbocycles. The van der Waals surface area contributed by atoms with E-state index in [9.17, 15) is 4.79 Å². The summed E-state index contributed by atoms with van der Waals surface area (Å²) in [6, 6.07) is 14.5. The van der Waals surface area contributed by atoms with Crippen molar-refractivity contribution in [3.8, 4) is 11.5 Å². The summed E-state index contributed by atoms with van der Waals surface area (Å²) in [5.41, 5.74) is 1.09. The van der Waals surface area contributed by atoms with Crippen LogP contribution in [0, 0.1) is 0 Å². The van der Waals surface area contributed by atoms with Crippen molar-refractivity contribution in [2.24, 2.45) is 0 Å². The van der Waals surface area contributed by atoms with Gasteiger partial charge in [-0.05, 0) is 38.1 Å². The predicted molar refractivity (Wildman–Crippen MR) is 94.0 cm³/mol. The van der Waals surface area contributed by atoms with Crippen molar-refractivity contribution in [2.75, 3.05) is 25.6 Å². The van der Waals surface area contributed by atoms with E-state index in [0.717, 1.165) is 0 Å². The number of carbonyl (C=O) groups is 1. The molecule has 0 atom stereocenters. The highest BCUT2D eigenvalue weighted by Gasteiger charge is 2.14. The second-order valence-electron chi connectivity index (χ2n) is 5.45. The number of hydrogen-bond acceptors (Lipinski definition) is 4. The van der Waals surface area contributed by atoms with Crippen LogP contribution in [0.5, 0.6) is 11.5 Å². The first-order chi connectivity index (χ1) is 11.6. The van der Waals surface area contributed by atoms with Gasteiger partial charge in [-0.3, -0.25) is 4.79 Å². The highest BCUT2D eigenvalue weighted by molar-refractivity contribution is 6.06. The minimum Gasteiger partial charge on any atom is -0.490 e. The van der Waals surface area contributed by atoms with Gasteiger partial charge in [0.25, 0.3) is 5.91 Å². The molecule has 0 aromatic heterocycles. The maximum Gasteiger partial charge on any atom is 0.259 e. The number of ether oxygens (including phenoxy) is 3.